The third-order valence-electron chi connectivity index (χ3n) is 5.85. The summed E-state index contributed by atoms with van der Waals surface area (Å²) in [7, 11) is -4.20. The summed E-state index contributed by atoms with van der Waals surface area (Å²) in [4.78, 5) is 0. The Hall–Kier alpha value is -1.13. The van der Waals surface area contributed by atoms with Gasteiger partial charge in [0.15, 0.2) is 0 Å². The van der Waals surface area contributed by atoms with Crippen molar-refractivity contribution in [1.82, 2.24) is 0 Å². The van der Waals surface area contributed by atoms with E-state index in [1.165, 1.54) is 37.7 Å². The van der Waals surface area contributed by atoms with Crippen molar-refractivity contribution in [2.24, 2.45) is 0 Å². The molecule has 0 saturated carbocycles. The van der Waals surface area contributed by atoms with Gasteiger partial charge in [-0.1, -0.05) is 101 Å². The molecule has 0 aliphatic heterocycles. The molecule has 0 radical (unpaired) electrons. The van der Waals surface area contributed by atoms with Gasteiger partial charge in [0, 0.05) is 0 Å². The van der Waals surface area contributed by atoms with Crippen LogP contribution in [0.2, 0.25) is 0 Å². The van der Waals surface area contributed by atoms with E-state index < -0.39 is 14.9 Å². The molecule has 1 aromatic carbocycles. The zero-order valence-electron chi connectivity index (χ0n) is 17.0. The number of benzene rings is 1. The molecule has 0 fully saturated rings. The average Bonchev–Trinajstić information content (AvgIpc) is 2.63. The first-order valence-electron chi connectivity index (χ1n) is 10.7. The van der Waals surface area contributed by atoms with Crippen LogP contribution in [-0.2, 0) is 14.9 Å². The van der Waals surface area contributed by atoms with Crippen molar-refractivity contribution in [3.05, 3.63) is 41.0 Å². The number of hydrogen-bond donors (Lipinski definition) is 1. The minimum absolute atomic E-state index is 0.432. The van der Waals surface area contributed by atoms with Gasteiger partial charge in [-0.15, -0.1) is 0 Å². The summed E-state index contributed by atoms with van der Waals surface area (Å²) < 4.78 is 34.3. The Balaban J connectivity index is 2.21. The Kier molecular flexibility index (Phi) is 8.56. The number of fused-ring (bicyclic) bond motifs is 1. The molecule has 2 rings (SSSR count). The predicted octanol–water partition coefficient (Wildman–Crippen LogP) is 6.89. The smallest absolute Gasteiger partial charge is 0.275 e. The van der Waals surface area contributed by atoms with Gasteiger partial charge in [0.2, 0.25) is 0 Å². The first-order chi connectivity index (χ1) is 12.9. The van der Waals surface area contributed by atoms with Crippen LogP contribution < -0.4 is 0 Å². The lowest BCUT2D eigenvalue weighted by molar-refractivity contribution is 0.394. The van der Waals surface area contributed by atoms with E-state index in [1.807, 2.05) is 24.3 Å². The van der Waals surface area contributed by atoms with Gasteiger partial charge in [0.05, 0.1) is 0 Å². The van der Waals surface area contributed by atoms with Gasteiger partial charge in [0.25, 0.3) is 10.1 Å². The van der Waals surface area contributed by atoms with Crippen LogP contribution in [0.5, 0.6) is 0 Å². The standard InChI is InChI=1S/C23H36O3S/c1-3-5-7-8-9-10-14-20-18-21-15-11-12-16-22(21)23(19-20,27(24,25)26)17-13-6-4-2/h11-12,15-16,18H,3-10,13-14,17,19H2,1-2H3,(H,24,25,26). The fourth-order valence-electron chi connectivity index (χ4n) is 4.31. The molecular weight excluding hydrogens is 356 g/mol. The van der Waals surface area contributed by atoms with Crippen LogP contribution in [0, 0.1) is 0 Å². The van der Waals surface area contributed by atoms with Crippen molar-refractivity contribution in [1.29, 1.82) is 0 Å². The summed E-state index contributed by atoms with van der Waals surface area (Å²) in [6.45, 7) is 4.33. The quantitative estimate of drug-likeness (QED) is 0.311. The number of hydrogen-bond acceptors (Lipinski definition) is 2. The molecule has 3 nitrogen and oxygen atoms in total. The Morgan fingerprint density at radius 2 is 1.56 bits per heavy atom. The zero-order chi connectivity index (χ0) is 19.8. The van der Waals surface area contributed by atoms with Crippen molar-refractivity contribution in [3.63, 3.8) is 0 Å². The highest BCUT2D eigenvalue weighted by Gasteiger charge is 2.47. The molecule has 0 heterocycles. The molecule has 1 aromatic rings. The summed E-state index contributed by atoms with van der Waals surface area (Å²) in [6.07, 6.45) is 14.2. The topological polar surface area (TPSA) is 54.4 Å². The van der Waals surface area contributed by atoms with Crippen LogP contribution >= 0.6 is 0 Å². The Labute approximate surface area is 166 Å². The van der Waals surface area contributed by atoms with Crippen molar-refractivity contribution in [2.75, 3.05) is 0 Å². The van der Waals surface area contributed by atoms with Gasteiger partial charge in [-0.3, -0.25) is 4.55 Å². The molecule has 1 aliphatic carbocycles. The van der Waals surface area contributed by atoms with Gasteiger partial charge in [0.1, 0.15) is 4.75 Å². The predicted molar refractivity (Wildman–Crippen MR) is 114 cm³/mol. The summed E-state index contributed by atoms with van der Waals surface area (Å²) in [5.74, 6) is 0. The maximum Gasteiger partial charge on any atom is 0.275 e. The van der Waals surface area contributed by atoms with Gasteiger partial charge in [-0.25, -0.2) is 0 Å². The van der Waals surface area contributed by atoms with Crippen molar-refractivity contribution < 1.29 is 13.0 Å². The van der Waals surface area contributed by atoms with E-state index in [0.29, 0.717) is 12.8 Å². The molecule has 4 heteroatoms. The van der Waals surface area contributed by atoms with Crippen molar-refractivity contribution in [3.8, 4) is 0 Å². The van der Waals surface area contributed by atoms with E-state index in [2.05, 4.69) is 19.9 Å². The van der Waals surface area contributed by atoms with Crippen LogP contribution in [0.1, 0.15) is 102 Å². The van der Waals surface area contributed by atoms with Gasteiger partial charge in [-0.2, -0.15) is 8.42 Å². The second kappa shape index (κ2) is 10.4. The number of allylic oxidation sites excluding steroid dienone is 1. The minimum Gasteiger partial charge on any atom is -0.285 e. The molecule has 152 valence electrons. The Bertz CT molecular complexity index is 721. The SMILES string of the molecule is CCCCCCCCC1=Cc2ccccc2C(CCCCC)(S(=O)(=O)O)C1. The highest BCUT2D eigenvalue weighted by atomic mass is 32.2. The maximum atomic E-state index is 12.6. The normalized spacial score (nSPS) is 19.6. The molecular formula is C23H36O3S. The van der Waals surface area contributed by atoms with E-state index in [4.69, 9.17) is 0 Å². The molecule has 1 atom stereocenters. The van der Waals surface area contributed by atoms with Crippen molar-refractivity contribution >= 4 is 16.2 Å². The Morgan fingerprint density at radius 1 is 0.926 bits per heavy atom. The second-order valence-corrected chi connectivity index (χ2v) is 9.74. The molecule has 0 amide bonds. The van der Waals surface area contributed by atoms with Gasteiger partial charge >= 0.3 is 0 Å². The molecule has 0 spiro atoms. The lowest BCUT2D eigenvalue weighted by Gasteiger charge is -2.36. The van der Waals surface area contributed by atoms with E-state index in [-0.39, 0.29) is 0 Å². The van der Waals surface area contributed by atoms with Crippen LogP contribution in [-0.4, -0.2) is 13.0 Å². The molecule has 1 N–H and O–H groups in total. The van der Waals surface area contributed by atoms with Crippen LogP contribution in [0.3, 0.4) is 0 Å². The second-order valence-electron chi connectivity index (χ2n) is 8.01. The highest BCUT2D eigenvalue weighted by molar-refractivity contribution is 7.86. The molecule has 0 aromatic heterocycles. The van der Waals surface area contributed by atoms with E-state index in [9.17, 15) is 13.0 Å². The first kappa shape index (κ1) is 22.2. The van der Waals surface area contributed by atoms with Crippen LogP contribution in [0.4, 0.5) is 0 Å². The van der Waals surface area contributed by atoms with E-state index in [0.717, 1.165) is 43.2 Å². The Morgan fingerprint density at radius 3 is 2.26 bits per heavy atom. The fraction of sp³-hybridized carbons (Fsp3) is 0.652. The van der Waals surface area contributed by atoms with Gasteiger partial charge < -0.3 is 0 Å². The van der Waals surface area contributed by atoms with Gasteiger partial charge in [-0.05, 0) is 36.8 Å². The maximum absolute atomic E-state index is 12.6. The molecule has 1 unspecified atom stereocenters. The van der Waals surface area contributed by atoms with E-state index >= 15 is 0 Å². The minimum atomic E-state index is -4.20. The van der Waals surface area contributed by atoms with E-state index in [1.54, 1.807) is 0 Å². The third-order valence-corrected chi connectivity index (χ3v) is 7.41. The fourth-order valence-corrected chi connectivity index (χ4v) is 5.54. The first-order valence-corrected chi connectivity index (χ1v) is 12.1. The molecule has 1 aliphatic rings. The zero-order valence-corrected chi connectivity index (χ0v) is 17.9. The molecule has 0 saturated heterocycles. The summed E-state index contributed by atoms with van der Waals surface area (Å²) in [5, 5.41) is 0. The highest BCUT2D eigenvalue weighted by Crippen LogP contribution is 2.47. The molecule has 27 heavy (non-hydrogen) atoms. The lowest BCUT2D eigenvalue weighted by atomic mass is 9.78. The summed E-state index contributed by atoms with van der Waals surface area (Å²) in [6, 6.07) is 7.69. The lowest BCUT2D eigenvalue weighted by Crippen LogP contribution is -2.38. The monoisotopic (exact) mass is 392 g/mol. The average molecular weight is 393 g/mol. The largest absolute Gasteiger partial charge is 0.285 e. The van der Waals surface area contributed by atoms with Crippen LogP contribution in [0.15, 0.2) is 29.8 Å². The number of unbranched alkanes of at least 4 members (excludes halogenated alkanes) is 7. The summed E-state index contributed by atoms with van der Waals surface area (Å²) >= 11 is 0. The van der Waals surface area contributed by atoms with Crippen LogP contribution in [0.25, 0.3) is 6.08 Å². The summed E-state index contributed by atoms with van der Waals surface area (Å²) in [5.41, 5.74) is 2.90. The number of rotatable bonds is 12. The third kappa shape index (κ3) is 5.68. The molecule has 0 bridgehead atoms. The van der Waals surface area contributed by atoms with Crippen molar-refractivity contribution in [2.45, 2.75) is 95.6 Å².